The molecule has 1 saturated heterocycles. The lowest BCUT2D eigenvalue weighted by molar-refractivity contribution is 0.399. The first-order valence-electron chi connectivity index (χ1n) is 7.15. The van der Waals surface area contributed by atoms with Gasteiger partial charge < -0.3 is 5.32 Å². The molecule has 2 nitrogen and oxygen atoms in total. The molecule has 1 N–H and O–H groups in total. The highest BCUT2D eigenvalue weighted by Crippen LogP contribution is 2.24. The van der Waals surface area contributed by atoms with Crippen LogP contribution in [0, 0.1) is 0 Å². The molecule has 0 bridgehead atoms. The zero-order valence-corrected chi connectivity index (χ0v) is 11.2. The van der Waals surface area contributed by atoms with Gasteiger partial charge in [-0.05, 0) is 48.6 Å². The zero-order chi connectivity index (χ0) is 12.9. The predicted molar refractivity (Wildman–Crippen MR) is 79.0 cm³/mol. The van der Waals surface area contributed by atoms with E-state index in [1.165, 1.54) is 36.0 Å². The average molecular weight is 252 g/mol. The van der Waals surface area contributed by atoms with E-state index in [0.29, 0.717) is 6.04 Å². The van der Waals surface area contributed by atoms with Crippen LogP contribution >= 0.6 is 0 Å². The quantitative estimate of drug-likeness (QED) is 0.905. The minimum Gasteiger partial charge on any atom is -0.314 e. The van der Waals surface area contributed by atoms with Gasteiger partial charge in [-0.25, -0.2) is 0 Å². The molecule has 2 aromatic rings. The molecule has 98 valence electrons. The highest BCUT2D eigenvalue weighted by Gasteiger charge is 2.15. The minimum absolute atomic E-state index is 0.611. The number of hydrogen-bond acceptors (Lipinski definition) is 2. The molecule has 2 heterocycles. The number of nitrogens with zero attached hydrogens (tertiary/aromatic N) is 1. The summed E-state index contributed by atoms with van der Waals surface area (Å²) in [6.07, 6.45) is 8.94. The van der Waals surface area contributed by atoms with Gasteiger partial charge in [0.15, 0.2) is 0 Å². The predicted octanol–water partition coefficient (Wildman–Crippen LogP) is 3.43. The van der Waals surface area contributed by atoms with Gasteiger partial charge in [0.1, 0.15) is 0 Å². The van der Waals surface area contributed by atoms with Crippen molar-refractivity contribution in [1.29, 1.82) is 0 Å². The SMILES string of the molecule is c1ccc(-c2ccncc2CC2CCCCN2)cc1. The third-order valence-corrected chi connectivity index (χ3v) is 3.87. The molecular formula is C17H20N2. The fraction of sp³-hybridized carbons (Fsp3) is 0.353. The maximum atomic E-state index is 4.31. The van der Waals surface area contributed by atoms with Crippen LogP contribution in [0.5, 0.6) is 0 Å². The van der Waals surface area contributed by atoms with E-state index >= 15 is 0 Å². The Morgan fingerprint density at radius 3 is 2.79 bits per heavy atom. The van der Waals surface area contributed by atoms with Crippen LogP contribution in [0.2, 0.25) is 0 Å². The van der Waals surface area contributed by atoms with Crippen molar-refractivity contribution in [3.63, 3.8) is 0 Å². The number of nitrogens with one attached hydrogen (secondary N) is 1. The van der Waals surface area contributed by atoms with Gasteiger partial charge in [0.05, 0.1) is 0 Å². The molecule has 1 unspecified atom stereocenters. The molecule has 0 saturated carbocycles. The van der Waals surface area contributed by atoms with Gasteiger partial charge >= 0.3 is 0 Å². The van der Waals surface area contributed by atoms with Gasteiger partial charge in [-0.2, -0.15) is 0 Å². The lowest BCUT2D eigenvalue weighted by atomic mass is 9.93. The molecule has 19 heavy (non-hydrogen) atoms. The van der Waals surface area contributed by atoms with Gasteiger partial charge in [-0.15, -0.1) is 0 Å². The molecule has 1 aromatic heterocycles. The number of hydrogen-bond donors (Lipinski definition) is 1. The topological polar surface area (TPSA) is 24.9 Å². The fourth-order valence-corrected chi connectivity index (χ4v) is 2.85. The average Bonchev–Trinajstić information content (AvgIpc) is 2.50. The van der Waals surface area contributed by atoms with Crippen LogP contribution in [0.15, 0.2) is 48.8 Å². The molecule has 1 atom stereocenters. The maximum absolute atomic E-state index is 4.31. The second-order valence-corrected chi connectivity index (χ2v) is 5.25. The molecule has 1 aliphatic rings. The molecule has 0 amide bonds. The molecule has 0 radical (unpaired) electrons. The molecule has 1 fully saturated rings. The summed E-state index contributed by atoms with van der Waals surface area (Å²) in [5, 5.41) is 3.62. The summed E-state index contributed by atoms with van der Waals surface area (Å²) < 4.78 is 0. The van der Waals surface area contributed by atoms with Crippen LogP contribution in [-0.4, -0.2) is 17.6 Å². The van der Waals surface area contributed by atoms with E-state index in [9.17, 15) is 0 Å². The second kappa shape index (κ2) is 5.98. The molecule has 2 heteroatoms. The van der Waals surface area contributed by atoms with Crippen LogP contribution in [-0.2, 0) is 6.42 Å². The summed E-state index contributed by atoms with van der Waals surface area (Å²) in [7, 11) is 0. The van der Waals surface area contributed by atoms with Crippen molar-refractivity contribution in [3.05, 3.63) is 54.4 Å². The summed E-state index contributed by atoms with van der Waals surface area (Å²) >= 11 is 0. The highest BCUT2D eigenvalue weighted by molar-refractivity contribution is 5.66. The van der Waals surface area contributed by atoms with Gasteiger partial charge in [0.25, 0.3) is 0 Å². The summed E-state index contributed by atoms with van der Waals surface area (Å²) in [5.41, 5.74) is 3.96. The first kappa shape index (κ1) is 12.4. The third-order valence-electron chi connectivity index (χ3n) is 3.87. The van der Waals surface area contributed by atoms with Crippen LogP contribution in [0.25, 0.3) is 11.1 Å². The van der Waals surface area contributed by atoms with Gasteiger partial charge in [0.2, 0.25) is 0 Å². The standard InChI is InChI=1S/C17H20N2/c1-2-6-14(7-3-1)17-9-11-18-13-15(17)12-16-8-4-5-10-19-16/h1-3,6-7,9,11,13,16,19H,4-5,8,10,12H2. The largest absolute Gasteiger partial charge is 0.314 e. The Hall–Kier alpha value is -1.67. The van der Waals surface area contributed by atoms with Gasteiger partial charge in [-0.1, -0.05) is 36.8 Å². The molecule has 3 rings (SSSR count). The van der Waals surface area contributed by atoms with E-state index in [-0.39, 0.29) is 0 Å². The van der Waals surface area contributed by atoms with E-state index in [4.69, 9.17) is 0 Å². The molecule has 1 aromatic carbocycles. The minimum atomic E-state index is 0.611. The Bertz CT molecular complexity index is 516. The summed E-state index contributed by atoms with van der Waals surface area (Å²) in [5.74, 6) is 0. The smallest absolute Gasteiger partial charge is 0.0306 e. The van der Waals surface area contributed by atoms with E-state index in [0.717, 1.165) is 13.0 Å². The monoisotopic (exact) mass is 252 g/mol. The number of rotatable bonds is 3. The number of pyridine rings is 1. The lowest BCUT2D eigenvalue weighted by Gasteiger charge is -2.24. The van der Waals surface area contributed by atoms with Crippen LogP contribution in [0.4, 0.5) is 0 Å². The Labute approximate surface area is 114 Å². The van der Waals surface area contributed by atoms with Crippen molar-refractivity contribution in [2.75, 3.05) is 6.54 Å². The molecule has 1 aliphatic heterocycles. The normalized spacial score (nSPS) is 19.3. The first-order chi connectivity index (χ1) is 9.43. The van der Waals surface area contributed by atoms with Crippen molar-refractivity contribution in [1.82, 2.24) is 10.3 Å². The van der Waals surface area contributed by atoms with Crippen molar-refractivity contribution < 1.29 is 0 Å². The number of benzene rings is 1. The number of piperidine rings is 1. The Kier molecular flexibility index (Phi) is 3.89. The Morgan fingerprint density at radius 2 is 2.00 bits per heavy atom. The van der Waals surface area contributed by atoms with E-state index in [2.05, 4.69) is 46.7 Å². The van der Waals surface area contributed by atoms with Gasteiger partial charge in [-0.3, -0.25) is 4.98 Å². The van der Waals surface area contributed by atoms with Crippen LogP contribution in [0.1, 0.15) is 24.8 Å². The van der Waals surface area contributed by atoms with Crippen LogP contribution in [0.3, 0.4) is 0 Å². The van der Waals surface area contributed by atoms with E-state index in [1.54, 1.807) is 0 Å². The second-order valence-electron chi connectivity index (χ2n) is 5.25. The van der Waals surface area contributed by atoms with Crippen molar-refractivity contribution in [2.24, 2.45) is 0 Å². The van der Waals surface area contributed by atoms with Crippen molar-refractivity contribution >= 4 is 0 Å². The summed E-state index contributed by atoms with van der Waals surface area (Å²) in [6.45, 7) is 1.16. The lowest BCUT2D eigenvalue weighted by Crippen LogP contribution is -2.35. The summed E-state index contributed by atoms with van der Waals surface area (Å²) in [6, 6.07) is 13.3. The van der Waals surface area contributed by atoms with Crippen LogP contribution < -0.4 is 5.32 Å². The molecular weight excluding hydrogens is 232 g/mol. The molecule has 0 aliphatic carbocycles. The third kappa shape index (κ3) is 3.02. The van der Waals surface area contributed by atoms with Crippen molar-refractivity contribution in [2.45, 2.75) is 31.7 Å². The Morgan fingerprint density at radius 1 is 1.11 bits per heavy atom. The highest BCUT2D eigenvalue weighted by atomic mass is 14.9. The van der Waals surface area contributed by atoms with Gasteiger partial charge in [0, 0.05) is 18.4 Å². The zero-order valence-electron chi connectivity index (χ0n) is 11.2. The maximum Gasteiger partial charge on any atom is 0.0306 e. The first-order valence-corrected chi connectivity index (χ1v) is 7.15. The fourth-order valence-electron chi connectivity index (χ4n) is 2.85. The van der Waals surface area contributed by atoms with E-state index < -0.39 is 0 Å². The molecule has 0 spiro atoms. The Balaban J connectivity index is 1.85. The number of aromatic nitrogens is 1. The van der Waals surface area contributed by atoms with Crippen molar-refractivity contribution in [3.8, 4) is 11.1 Å². The summed E-state index contributed by atoms with van der Waals surface area (Å²) in [4.78, 5) is 4.31. The van der Waals surface area contributed by atoms with E-state index in [1.807, 2.05) is 12.4 Å².